The van der Waals surface area contributed by atoms with Gasteiger partial charge in [0.2, 0.25) is 0 Å². The zero-order valence-corrected chi connectivity index (χ0v) is 8.50. The molecule has 0 aromatic carbocycles. The van der Waals surface area contributed by atoms with Crippen molar-refractivity contribution in [3.05, 3.63) is 22.2 Å². The largest absolute Gasteiger partial charge is 0.377 e. The normalized spacial score (nSPS) is 22.5. The predicted octanol–water partition coefficient (Wildman–Crippen LogP) is 1.88. The van der Waals surface area contributed by atoms with Crippen molar-refractivity contribution in [2.24, 2.45) is 0 Å². The number of nitrogens with zero attached hydrogens (tertiary/aromatic N) is 1. The molecule has 0 N–H and O–H groups in total. The molecule has 1 unspecified atom stereocenters. The Labute approximate surface area is 86.4 Å². The fraction of sp³-hybridized carbons (Fsp3) is 0.667. The van der Waals surface area contributed by atoms with Crippen molar-refractivity contribution >= 4 is 11.6 Å². The quantitative estimate of drug-likeness (QED) is 0.711. The molecule has 0 aliphatic carbocycles. The first-order chi connectivity index (χ1) is 6.81. The third-order valence-electron chi connectivity index (χ3n) is 2.27. The molecule has 1 aromatic rings. The van der Waals surface area contributed by atoms with Crippen LogP contribution in [0.25, 0.3) is 0 Å². The fourth-order valence-electron chi connectivity index (χ4n) is 1.57. The van der Waals surface area contributed by atoms with Crippen molar-refractivity contribution in [1.82, 2.24) is 4.74 Å². The highest BCUT2D eigenvalue weighted by atomic mass is 35.5. The SMILES string of the molecule is O=c1cc(CCl)on1C1CCCCO1. The van der Waals surface area contributed by atoms with E-state index in [0.717, 1.165) is 19.3 Å². The lowest BCUT2D eigenvalue weighted by atomic mass is 10.2. The molecule has 1 fully saturated rings. The zero-order chi connectivity index (χ0) is 9.97. The van der Waals surface area contributed by atoms with Gasteiger partial charge in [-0.15, -0.1) is 16.3 Å². The number of ether oxygens (including phenoxy) is 1. The minimum absolute atomic E-state index is 0.174. The van der Waals surface area contributed by atoms with Crippen molar-refractivity contribution in [2.45, 2.75) is 31.4 Å². The molecular weight excluding hydrogens is 206 g/mol. The van der Waals surface area contributed by atoms with Crippen molar-refractivity contribution in [1.29, 1.82) is 0 Å². The number of alkyl halides is 1. The molecular formula is C9H12ClNO3. The molecule has 14 heavy (non-hydrogen) atoms. The molecule has 1 aromatic heterocycles. The van der Waals surface area contributed by atoms with Gasteiger partial charge in [-0.1, -0.05) is 0 Å². The lowest BCUT2D eigenvalue weighted by molar-refractivity contribution is -0.0769. The second kappa shape index (κ2) is 4.19. The van der Waals surface area contributed by atoms with Gasteiger partial charge in [-0.05, 0) is 19.3 Å². The van der Waals surface area contributed by atoms with Crippen LogP contribution in [0.4, 0.5) is 0 Å². The first-order valence-corrected chi connectivity index (χ1v) is 5.24. The summed E-state index contributed by atoms with van der Waals surface area (Å²) in [5.74, 6) is 0.709. The molecule has 0 spiro atoms. The van der Waals surface area contributed by atoms with Gasteiger partial charge in [0.25, 0.3) is 5.56 Å². The molecule has 2 rings (SSSR count). The second-order valence-electron chi connectivity index (χ2n) is 3.32. The summed E-state index contributed by atoms with van der Waals surface area (Å²) < 4.78 is 12.0. The lowest BCUT2D eigenvalue weighted by Crippen LogP contribution is -2.25. The van der Waals surface area contributed by atoms with Crippen LogP contribution in [-0.2, 0) is 10.6 Å². The molecule has 1 aliphatic rings. The van der Waals surface area contributed by atoms with Crippen molar-refractivity contribution in [3.63, 3.8) is 0 Å². The van der Waals surface area contributed by atoms with Crippen LogP contribution < -0.4 is 5.56 Å². The third kappa shape index (κ3) is 1.86. The van der Waals surface area contributed by atoms with Crippen LogP contribution in [0.3, 0.4) is 0 Å². The average Bonchev–Trinajstić information content (AvgIpc) is 2.61. The summed E-state index contributed by atoms with van der Waals surface area (Å²) in [6.45, 7) is 0.689. The zero-order valence-electron chi connectivity index (χ0n) is 7.74. The number of aromatic nitrogens is 1. The van der Waals surface area contributed by atoms with Crippen molar-refractivity contribution in [3.8, 4) is 0 Å². The van der Waals surface area contributed by atoms with Crippen LogP contribution in [0.1, 0.15) is 31.3 Å². The second-order valence-corrected chi connectivity index (χ2v) is 3.59. The van der Waals surface area contributed by atoms with Gasteiger partial charge < -0.3 is 9.26 Å². The highest BCUT2D eigenvalue weighted by Gasteiger charge is 2.19. The summed E-state index contributed by atoms with van der Waals surface area (Å²) in [7, 11) is 0. The smallest absolute Gasteiger partial charge is 0.285 e. The van der Waals surface area contributed by atoms with Gasteiger partial charge >= 0.3 is 0 Å². The summed E-state index contributed by atoms with van der Waals surface area (Å²) in [6.07, 6.45) is 2.70. The molecule has 5 heteroatoms. The molecule has 0 saturated carbocycles. The standard InChI is InChI=1S/C9H12ClNO3/c10-6-7-5-8(12)11(14-7)9-3-1-2-4-13-9/h5,9H,1-4,6H2. The van der Waals surface area contributed by atoms with Crippen LogP contribution >= 0.6 is 11.6 Å². The maximum Gasteiger partial charge on any atom is 0.285 e. The van der Waals surface area contributed by atoms with E-state index < -0.39 is 0 Å². The van der Waals surface area contributed by atoms with Crippen LogP contribution in [-0.4, -0.2) is 11.3 Å². The van der Waals surface area contributed by atoms with Crippen molar-refractivity contribution in [2.75, 3.05) is 6.61 Å². The maximum absolute atomic E-state index is 11.4. The van der Waals surface area contributed by atoms with E-state index in [1.54, 1.807) is 0 Å². The molecule has 2 heterocycles. The summed E-state index contributed by atoms with van der Waals surface area (Å²) >= 11 is 5.56. The van der Waals surface area contributed by atoms with Gasteiger partial charge in [-0.3, -0.25) is 4.79 Å². The van der Waals surface area contributed by atoms with E-state index in [-0.39, 0.29) is 17.7 Å². The Balaban J connectivity index is 2.21. The van der Waals surface area contributed by atoms with Gasteiger partial charge in [0, 0.05) is 12.7 Å². The Kier molecular flexibility index (Phi) is 2.93. The number of halogens is 1. The molecule has 78 valence electrons. The summed E-state index contributed by atoms with van der Waals surface area (Å²) in [6, 6.07) is 1.41. The van der Waals surface area contributed by atoms with Crippen LogP contribution in [0, 0.1) is 0 Å². The van der Waals surface area contributed by atoms with Crippen LogP contribution in [0.15, 0.2) is 15.4 Å². The van der Waals surface area contributed by atoms with E-state index in [1.807, 2.05) is 0 Å². The molecule has 1 saturated heterocycles. The topological polar surface area (TPSA) is 44.4 Å². The minimum atomic E-state index is -0.242. The van der Waals surface area contributed by atoms with E-state index >= 15 is 0 Å². The Morgan fingerprint density at radius 1 is 1.57 bits per heavy atom. The Morgan fingerprint density at radius 3 is 3.00 bits per heavy atom. The molecule has 0 radical (unpaired) electrons. The molecule has 1 atom stereocenters. The Morgan fingerprint density at radius 2 is 2.43 bits per heavy atom. The molecule has 4 nitrogen and oxygen atoms in total. The van der Waals surface area contributed by atoms with E-state index in [1.165, 1.54) is 10.8 Å². The van der Waals surface area contributed by atoms with E-state index in [4.69, 9.17) is 20.9 Å². The van der Waals surface area contributed by atoms with E-state index in [0.29, 0.717) is 12.4 Å². The minimum Gasteiger partial charge on any atom is -0.377 e. The third-order valence-corrected chi connectivity index (χ3v) is 2.53. The van der Waals surface area contributed by atoms with Gasteiger partial charge in [0.1, 0.15) is 0 Å². The fourth-order valence-corrected chi connectivity index (χ4v) is 1.70. The maximum atomic E-state index is 11.4. The first-order valence-electron chi connectivity index (χ1n) is 4.70. The highest BCUT2D eigenvalue weighted by molar-refractivity contribution is 6.16. The summed E-state index contributed by atoms with van der Waals surface area (Å²) in [5.41, 5.74) is -0.174. The highest BCUT2D eigenvalue weighted by Crippen LogP contribution is 2.21. The van der Waals surface area contributed by atoms with Gasteiger partial charge in [0.15, 0.2) is 12.0 Å². The van der Waals surface area contributed by atoms with Crippen molar-refractivity contribution < 1.29 is 9.26 Å². The molecule has 0 amide bonds. The Bertz CT molecular complexity index is 351. The number of rotatable bonds is 2. The van der Waals surface area contributed by atoms with Crippen LogP contribution in [0.5, 0.6) is 0 Å². The average molecular weight is 218 g/mol. The van der Waals surface area contributed by atoms with Crippen LogP contribution in [0.2, 0.25) is 0 Å². The number of hydrogen-bond donors (Lipinski definition) is 0. The summed E-state index contributed by atoms with van der Waals surface area (Å²) in [5, 5.41) is 0. The Hall–Kier alpha value is -0.740. The van der Waals surface area contributed by atoms with E-state index in [2.05, 4.69) is 0 Å². The molecule has 0 bridgehead atoms. The predicted molar refractivity (Wildman–Crippen MR) is 51.4 cm³/mol. The van der Waals surface area contributed by atoms with Gasteiger partial charge in [-0.25, -0.2) is 0 Å². The van der Waals surface area contributed by atoms with Gasteiger partial charge in [-0.2, -0.15) is 0 Å². The monoisotopic (exact) mass is 217 g/mol. The summed E-state index contributed by atoms with van der Waals surface area (Å²) in [4.78, 5) is 11.4. The molecule has 1 aliphatic heterocycles. The van der Waals surface area contributed by atoms with Gasteiger partial charge in [0.05, 0.1) is 5.88 Å². The first kappa shape index (κ1) is 9.80. The number of hydrogen-bond acceptors (Lipinski definition) is 3. The lowest BCUT2D eigenvalue weighted by Gasteiger charge is -2.21. The van der Waals surface area contributed by atoms with E-state index in [9.17, 15) is 4.79 Å².